The van der Waals surface area contributed by atoms with Crippen LogP contribution in [0.1, 0.15) is 50.6 Å². The first kappa shape index (κ1) is 15.5. The Bertz CT molecular complexity index is 524. The van der Waals surface area contributed by atoms with Crippen molar-refractivity contribution in [3.8, 4) is 0 Å². The quantitative estimate of drug-likeness (QED) is 0.905. The molecule has 4 heteroatoms. The van der Waals surface area contributed by atoms with Crippen molar-refractivity contribution in [2.75, 3.05) is 13.1 Å². The van der Waals surface area contributed by atoms with Gasteiger partial charge in [0.2, 0.25) is 5.91 Å². The predicted molar refractivity (Wildman–Crippen MR) is 84.9 cm³/mol. The lowest BCUT2D eigenvalue weighted by Crippen LogP contribution is -2.38. The SMILES string of the molecule is CC(c1ccccc1F)N(C(=O)CC1CCNCC1)C1CC1. The Hall–Kier alpha value is -1.42. The maximum atomic E-state index is 14.1. The van der Waals surface area contributed by atoms with Gasteiger partial charge in [0, 0.05) is 18.0 Å². The van der Waals surface area contributed by atoms with Crippen LogP contribution in [0, 0.1) is 11.7 Å². The first-order chi connectivity index (χ1) is 10.7. The smallest absolute Gasteiger partial charge is 0.223 e. The van der Waals surface area contributed by atoms with Crippen LogP contribution in [0.15, 0.2) is 24.3 Å². The van der Waals surface area contributed by atoms with Gasteiger partial charge in [0.1, 0.15) is 5.82 Å². The first-order valence-corrected chi connectivity index (χ1v) is 8.43. The number of benzene rings is 1. The lowest BCUT2D eigenvalue weighted by Gasteiger charge is -2.32. The van der Waals surface area contributed by atoms with E-state index >= 15 is 0 Å². The average Bonchev–Trinajstić information content (AvgIpc) is 3.33. The van der Waals surface area contributed by atoms with E-state index in [0.29, 0.717) is 23.9 Å². The molecule has 3 nitrogen and oxygen atoms in total. The summed E-state index contributed by atoms with van der Waals surface area (Å²) in [5.41, 5.74) is 0.632. The van der Waals surface area contributed by atoms with Crippen LogP contribution in [0.5, 0.6) is 0 Å². The van der Waals surface area contributed by atoms with Crippen molar-refractivity contribution in [1.82, 2.24) is 10.2 Å². The molecule has 1 aliphatic heterocycles. The monoisotopic (exact) mass is 304 g/mol. The number of carbonyl (C=O) groups is 1. The van der Waals surface area contributed by atoms with Crippen LogP contribution >= 0.6 is 0 Å². The summed E-state index contributed by atoms with van der Waals surface area (Å²) in [5, 5.41) is 3.33. The highest BCUT2D eigenvalue weighted by Crippen LogP contribution is 2.36. The largest absolute Gasteiger partial charge is 0.333 e. The Morgan fingerprint density at radius 3 is 2.59 bits per heavy atom. The summed E-state index contributed by atoms with van der Waals surface area (Å²) < 4.78 is 14.1. The van der Waals surface area contributed by atoms with Crippen molar-refractivity contribution in [2.45, 2.75) is 51.1 Å². The number of hydrogen-bond acceptors (Lipinski definition) is 2. The topological polar surface area (TPSA) is 32.3 Å². The Morgan fingerprint density at radius 2 is 1.95 bits per heavy atom. The van der Waals surface area contributed by atoms with Crippen molar-refractivity contribution in [2.24, 2.45) is 5.92 Å². The molecule has 1 saturated carbocycles. The molecular formula is C18H25FN2O. The van der Waals surface area contributed by atoms with Gasteiger partial charge in [-0.15, -0.1) is 0 Å². The lowest BCUT2D eigenvalue weighted by atomic mass is 9.93. The van der Waals surface area contributed by atoms with E-state index < -0.39 is 0 Å². The van der Waals surface area contributed by atoms with E-state index in [0.717, 1.165) is 38.8 Å². The van der Waals surface area contributed by atoms with Crippen LogP contribution in [0.25, 0.3) is 0 Å². The summed E-state index contributed by atoms with van der Waals surface area (Å²) in [4.78, 5) is 14.7. The molecule has 120 valence electrons. The van der Waals surface area contributed by atoms with Crippen LogP contribution in [-0.4, -0.2) is 29.9 Å². The summed E-state index contributed by atoms with van der Waals surface area (Å²) >= 11 is 0. The van der Waals surface area contributed by atoms with Gasteiger partial charge in [0.15, 0.2) is 0 Å². The normalized spacial score (nSPS) is 20.6. The number of piperidine rings is 1. The minimum absolute atomic E-state index is 0.178. The first-order valence-electron chi connectivity index (χ1n) is 8.43. The second-order valence-electron chi connectivity index (χ2n) is 6.63. The van der Waals surface area contributed by atoms with Crippen LogP contribution in [0.2, 0.25) is 0 Å². The lowest BCUT2D eigenvalue weighted by molar-refractivity contribution is -0.135. The van der Waals surface area contributed by atoms with Crippen molar-refractivity contribution in [3.63, 3.8) is 0 Å². The zero-order valence-corrected chi connectivity index (χ0v) is 13.2. The van der Waals surface area contributed by atoms with Gasteiger partial charge in [0.25, 0.3) is 0 Å². The third kappa shape index (κ3) is 3.49. The van der Waals surface area contributed by atoms with Gasteiger partial charge in [-0.1, -0.05) is 18.2 Å². The molecule has 22 heavy (non-hydrogen) atoms. The van der Waals surface area contributed by atoms with E-state index in [4.69, 9.17) is 0 Å². The van der Waals surface area contributed by atoms with Crippen LogP contribution in [0.3, 0.4) is 0 Å². The van der Waals surface area contributed by atoms with Gasteiger partial charge in [-0.3, -0.25) is 4.79 Å². The molecule has 0 radical (unpaired) electrons. The minimum atomic E-state index is -0.213. The Kier molecular flexibility index (Phi) is 4.77. The van der Waals surface area contributed by atoms with Crippen LogP contribution in [0.4, 0.5) is 4.39 Å². The molecule has 0 aromatic heterocycles. The molecule has 1 aromatic rings. The Morgan fingerprint density at radius 1 is 1.27 bits per heavy atom. The molecule has 2 aliphatic rings. The zero-order valence-electron chi connectivity index (χ0n) is 13.2. The maximum absolute atomic E-state index is 14.1. The third-order valence-electron chi connectivity index (χ3n) is 4.92. The zero-order chi connectivity index (χ0) is 15.5. The van der Waals surface area contributed by atoms with E-state index in [9.17, 15) is 9.18 Å². The number of hydrogen-bond donors (Lipinski definition) is 1. The van der Waals surface area contributed by atoms with Gasteiger partial charge in [0.05, 0.1) is 6.04 Å². The van der Waals surface area contributed by atoms with E-state index in [1.807, 2.05) is 17.9 Å². The number of halogens is 1. The molecule has 2 fully saturated rings. The van der Waals surface area contributed by atoms with E-state index in [2.05, 4.69) is 5.32 Å². The molecule has 3 rings (SSSR count). The summed E-state index contributed by atoms with van der Waals surface area (Å²) in [5.74, 6) is 0.461. The highest BCUT2D eigenvalue weighted by Gasteiger charge is 2.37. The highest BCUT2D eigenvalue weighted by atomic mass is 19.1. The number of carbonyl (C=O) groups excluding carboxylic acids is 1. The minimum Gasteiger partial charge on any atom is -0.333 e. The summed E-state index contributed by atoms with van der Waals surface area (Å²) in [6.45, 7) is 3.96. The fourth-order valence-electron chi connectivity index (χ4n) is 3.49. The number of rotatable bonds is 5. The fraction of sp³-hybridized carbons (Fsp3) is 0.611. The highest BCUT2D eigenvalue weighted by molar-refractivity contribution is 5.77. The Labute approximate surface area is 131 Å². The van der Waals surface area contributed by atoms with E-state index in [-0.39, 0.29) is 17.8 Å². The van der Waals surface area contributed by atoms with Gasteiger partial charge in [-0.25, -0.2) is 4.39 Å². The molecule has 1 atom stereocenters. The van der Waals surface area contributed by atoms with Gasteiger partial charge >= 0.3 is 0 Å². The molecule has 1 N–H and O–H groups in total. The maximum Gasteiger partial charge on any atom is 0.223 e. The number of nitrogens with zero attached hydrogens (tertiary/aromatic N) is 1. The molecule has 1 unspecified atom stereocenters. The van der Waals surface area contributed by atoms with Gasteiger partial charge < -0.3 is 10.2 Å². The average molecular weight is 304 g/mol. The predicted octanol–water partition coefficient (Wildman–Crippen LogP) is 3.27. The molecule has 0 spiro atoms. The van der Waals surface area contributed by atoms with Crippen LogP contribution < -0.4 is 5.32 Å². The second-order valence-corrected chi connectivity index (χ2v) is 6.63. The standard InChI is InChI=1S/C18H25FN2O/c1-13(16-4-2-3-5-17(16)19)21(15-6-7-15)18(22)12-14-8-10-20-11-9-14/h2-5,13-15,20H,6-12H2,1H3. The fourth-order valence-corrected chi connectivity index (χ4v) is 3.49. The molecule has 1 aliphatic carbocycles. The summed E-state index contributed by atoms with van der Waals surface area (Å²) in [6.07, 6.45) is 4.85. The third-order valence-corrected chi connectivity index (χ3v) is 4.92. The van der Waals surface area contributed by atoms with Crippen molar-refractivity contribution >= 4 is 5.91 Å². The molecular weight excluding hydrogens is 279 g/mol. The van der Waals surface area contributed by atoms with E-state index in [1.165, 1.54) is 6.07 Å². The van der Waals surface area contributed by atoms with E-state index in [1.54, 1.807) is 12.1 Å². The number of amides is 1. The second kappa shape index (κ2) is 6.78. The van der Waals surface area contributed by atoms with Gasteiger partial charge in [-0.2, -0.15) is 0 Å². The molecule has 1 amide bonds. The van der Waals surface area contributed by atoms with Crippen molar-refractivity contribution < 1.29 is 9.18 Å². The van der Waals surface area contributed by atoms with Crippen molar-refractivity contribution in [1.29, 1.82) is 0 Å². The number of nitrogens with one attached hydrogen (secondary N) is 1. The van der Waals surface area contributed by atoms with Gasteiger partial charge in [-0.05, 0) is 57.7 Å². The summed E-state index contributed by atoms with van der Waals surface area (Å²) in [7, 11) is 0. The molecule has 1 saturated heterocycles. The molecule has 0 bridgehead atoms. The Balaban J connectivity index is 1.71. The summed E-state index contributed by atoms with van der Waals surface area (Å²) in [6, 6.07) is 6.95. The molecule has 1 heterocycles. The van der Waals surface area contributed by atoms with Crippen molar-refractivity contribution in [3.05, 3.63) is 35.6 Å². The molecule has 1 aromatic carbocycles. The van der Waals surface area contributed by atoms with Crippen LogP contribution in [-0.2, 0) is 4.79 Å².